The maximum Gasteiger partial charge on any atom is 0.281 e. The Morgan fingerprint density at radius 1 is 1.65 bits per heavy atom. The van der Waals surface area contributed by atoms with E-state index in [-0.39, 0.29) is 16.9 Å². The molecule has 1 fully saturated rings. The van der Waals surface area contributed by atoms with Gasteiger partial charge in [0.05, 0.1) is 23.6 Å². The second kappa shape index (κ2) is 3.68. The van der Waals surface area contributed by atoms with Crippen molar-refractivity contribution in [2.75, 3.05) is 6.61 Å². The highest BCUT2D eigenvalue weighted by Crippen LogP contribution is 2.32. The van der Waals surface area contributed by atoms with Crippen LogP contribution in [-0.4, -0.2) is 27.4 Å². The Morgan fingerprint density at radius 2 is 2.41 bits per heavy atom. The maximum absolute atomic E-state index is 10.9. The second-order valence-corrected chi connectivity index (χ2v) is 4.21. The van der Waals surface area contributed by atoms with Crippen molar-refractivity contribution in [3.8, 4) is 0 Å². The van der Waals surface area contributed by atoms with Gasteiger partial charge in [-0.2, -0.15) is 5.10 Å². The lowest BCUT2D eigenvalue weighted by molar-refractivity contribution is -0.383. The van der Waals surface area contributed by atoms with Gasteiger partial charge in [-0.25, -0.2) is 0 Å². The first-order chi connectivity index (χ1) is 8.16. The molecule has 6 nitrogen and oxygen atoms in total. The van der Waals surface area contributed by atoms with Gasteiger partial charge in [0.2, 0.25) is 0 Å². The molecule has 0 spiro atoms. The number of epoxide rings is 1. The Bertz CT molecular complexity index is 606. The molecule has 1 aromatic carbocycles. The highest BCUT2D eigenvalue weighted by atomic mass is 35.5. The normalized spacial score (nSPS) is 18.5. The highest BCUT2D eigenvalue weighted by Gasteiger charge is 2.26. The molecule has 1 saturated heterocycles. The van der Waals surface area contributed by atoms with Crippen LogP contribution >= 0.6 is 11.6 Å². The van der Waals surface area contributed by atoms with E-state index in [1.807, 2.05) is 0 Å². The number of hydrogen-bond acceptors (Lipinski definition) is 4. The molecule has 0 radical (unpaired) electrons. The number of fused-ring (bicyclic) bond motifs is 1. The number of ether oxygens (including phenoxy) is 1. The summed E-state index contributed by atoms with van der Waals surface area (Å²) in [6.07, 6.45) is 0.147. The monoisotopic (exact) mass is 253 g/mol. The second-order valence-electron chi connectivity index (χ2n) is 3.86. The molecular weight excluding hydrogens is 246 g/mol. The fourth-order valence-corrected chi connectivity index (χ4v) is 2.11. The summed E-state index contributed by atoms with van der Waals surface area (Å²) in [6.45, 7) is 1.28. The van der Waals surface area contributed by atoms with Crippen LogP contribution < -0.4 is 0 Å². The van der Waals surface area contributed by atoms with Crippen LogP contribution in [0.5, 0.6) is 0 Å². The number of nitrogens with zero attached hydrogens (tertiary/aromatic N) is 3. The molecule has 0 amide bonds. The summed E-state index contributed by atoms with van der Waals surface area (Å²) in [5.41, 5.74) is 0.648. The zero-order valence-corrected chi connectivity index (χ0v) is 9.42. The fourth-order valence-electron chi connectivity index (χ4n) is 1.82. The van der Waals surface area contributed by atoms with Crippen molar-refractivity contribution in [2.24, 2.45) is 0 Å². The van der Waals surface area contributed by atoms with Gasteiger partial charge < -0.3 is 4.74 Å². The molecule has 3 rings (SSSR count). The van der Waals surface area contributed by atoms with Gasteiger partial charge in [-0.15, -0.1) is 0 Å². The first-order valence-electron chi connectivity index (χ1n) is 5.08. The minimum atomic E-state index is -0.451. The van der Waals surface area contributed by atoms with Gasteiger partial charge >= 0.3 is 0 Å². The summed E-state index contributed by atoms with van der Waals surface area (Å²) >= 11 is 5.95. The van der Waals surface area contributed by atoms with Crippen molar-refractivity contribution in [1.82, 2.24) is 9.78 Å². The van der Waals surface area contributed by atoms with E-state index in [1.165, 1.54) is 6.07 Å². The number of halogens is 1. The van der Waals surface area contributed by atoms with Crippen LogP contribution in [0.2, 0.25) is 5.15 Å². The summed E-state index contributed by atoms with van der Waals surface area (Å²) < 4.78 is 6.77. The first kappa shape index (κ1) is 10.5. The van der Waals surface area contributed by atoms with Gasteiger partial charge in [0, 0.05) is 6.07 Å². The number of hydrogen-bond donors (Lipinski definition) is 0. The lowest BCUT2D eigenvalue weighted by Crippen LogP contribution is -2.05. The number of rotatable bonds is 3. The highest BCUT2D eigenvalue weighted by molar-refractivity contribution is 6.35. The summed E-state index contributed by atoms with van der Waals surface area (Å²) in [7, 11) is 0. The lowest BCUT2D eigenvalue weighted by atomic mass is 10.2. The molecule has 7 heteroatoms. The summed E-state index contributed by atoms with van der Waals surface area (Å²) in [6, 6.07) is 4.82. The molecular formula is C10H8ClN3O3. The molecule has 0 unspecified atom stereocenters. The van der Waals surface area contributed by atoms with E-state index < -0.39 is 4.92 Å². The third kappa shape index (κ3) is 1.75. The van der Waals surface area contributed by atoms with Crippen LogP contribution in [0.1, 0.15) is 0 Å². The van der Waals surface area contributed by atoms with Crippen LogP contribution in [0, 0.1) is 10.1 Å². The summed E-state index contributed by atoms with van der Waals surface area (Å²) in [5, 5.41) is 15.6. The molecule has 0 aliphatic carbocycles. The van der Waals surface area contributed by atoms with Crippen molar-refractivity contribution in [1.29, 1.82) is 0 Å². The van der Waals surface area contributed by atoms with Gasteiger partial charge in [0.1, 0.15) is 11.5 Å². The van der Waals surface area contributed by atoms with Crippen molar-refractivity contribution in [2.45, 2.75) is 12.6 Å². The van der Waals surface area contributed by atoms with Gasteiger partial charge in [-0.05, 0) is 6.07 Å². The van der Waals surface area contributed by atoms with Crippen molar-refractivity contribution >= 4 is 28.2 Å². The average Bonchev–Trinajstić information content (AvgIpc) is 3.05. The Balaban J connectivity index is 2.19. The Kier molecular flexibility index (Phi) is 2.27. The SMILES string of the molecule is O=[N+]([O-])c1cccc2c1c(Cl)nn2C[C@H]1CO1. The van der Waals surface area contributed by atoms with Crippen molar-refractivity contribution in [3.63, 3.8) is 0 Å². The summed E-state index contributed by atoms with van der Waals surface area (Å²) in [4.78, 5) is 10.4. The van der Waals surface area contributed by atoms with Crippen molar-refractivity contribution in [3.05, 3.63) is 33.5 Å². The van der Waals surface area contributed by atoms with Crippen LogP contribution in [0.3, 0.4) is 0 Å². The Morgan fingerprint density at radius 3 is 3.06 bits per heavy atom. The molecule has 2 aromatic rings. The van der Waals surface area contributed by atoms with Gasteiger partial charge in [-0.3, -0.25) is 14.8 Å². The van der Waals surface area contributed by atoms with E-state index in [2.05, 4.69) is 5.10 Å². The fraction of sp³-hybridized carbons (Fsp3) is 0.300. The number of benzene rings is 1. The molecule has 1 aliphatic heterocycles. The molecule has 2 heterocycles. The standard InChI is InChI=1S/C10H8ClN3O3/c11-10-9-7(2-1-3-8(9)14(15)16)13(12-10)4-6-5-17-6/h1-3,6H,4-5H2/t6-/m0/s1. The number of non-ortho nitro benzene ring substituents is 1. The average molecular weight is 254 g/mol. The molecule has 0 saturated carbocycles. The molecule has 0 N–H and O–H groups in total. The predicted octanol–water partition coefficient (Wildman–Crippen LogP) is 2.00. The van der Waals surface area contributed by atoms with Crippen LogP contribution in [0.4, 0.5) is 5.69 Å². The van der Waals surface area contributed by atoms with E-state index in [0.29, 0.717) is 24.1 Å². The molecule has 1 atom stereocenters. The number of nitro groups is 1. The third-order valence-corrected chi connectivity index (χ3v) is 2.95. The minimum Gasteiger partial charge on any atom is -0.371 e. The molecule has 1 aliphatic rings. The maximum atomic E-state index is 10.9. The van der Waals surface area contributed by atoms with Crippen molar-refractivity contribution < 1.29 is 9.66 Å². The minimum absolute atomic E-state index is 0.0181. The predicted molar refractivity (Wildman–Crippen MR) is 61.1 cm³/mol. The largest absolute Gasteiger partial charge is 0.371 e. The zero-order chi connectivity index (χ0) is 12.0. The molecule has 1 aromatic heterocycles. The molecule has 0 bridgehead atoms. The number of nitro benzene ring substituents is 1. The zero-order valence-electron chi connectivity index (χ0n) is 8.67. The van der Waals surface area contributed by atoms with Crippen LogP contribution in [0.15, 0.2) is 18.2 Å². The van der Waals surface area contributed by atoms with E-state index >= 15 is 0 Å². The van der Waals surface area contributed by atoms with Gasteiger partial charge in [-0.1, -0.05) is 17.7 Å². The van der Waals surface area contributed by atoms with E-state index in [9.17, 15) is 10.1 Å². The van der Waals surface area contributed by atoms with E-state index in [4.69, 9.17) is 16.3 Å². The van der Waals surface area contributed by atoms with E-state index in [1.54, 1.807) is 16.8 Å². The smallest absolute Gasteiger partial charge is 0.281 e. The number of aromatic nitrogens is 2. The lowest BCUT2D eigenvalue weighted by Gasteiger charge is -1.99. The van der Waals surface area contributed by atoms with Crippen LogP contribution in [0.25, 0.3) is 10.9 Å². The molecule has 88 valence electrons. The van der Waals surface area contributed by atoms with Crippen LogP contribution in [-0.2, 0) is 11.3 Å². The topological polar surface area (TPSA) is 73.5 Å². The van der Waals surface area contributed by atoms with Gasteiger partial charge in [0.25, 0.3) is 5.69 Å². The first-order valence-corrected chi connectivity index (χ1v) is 5.45. The summed E-state index contributed by atoms with van der Waals surface area (Å²) in [5.74, 6) is 0. The van der Waals surface area contributed by atoms with Gasteiger partial charge in [0.15, 0.2) is 5.15 Å². The molecule has 17 heavy (non-hydrogen) atoms. The Hall–Kier alpha value is -1.66. The third-order valence-electron chi connectivity index (χ3n) is 2.69. The quantitative estimate of drug-likeness (QED) is 0.476. The van der Waals surface area contributed by atoms with E-state index in [0.717, 1.165) is 0 Å². The Labute approximate surface area is 101 Å².